The molecule has 3 aromatic carbocycles. The van der Waals surface area contributed by atoms with Gasteiger partial charge in [-0.15, -0.1) is 0 Å². The highest BCUT2D eigenvalue weighted by molar-refractivity contribution is 8.00. The lowest BCUT2D eigenvalue weighted by Gasteiger charge is -2.30. The highest BCUT2D eigenvalue weighted by Gasteiger charge is 2.56. The van der Waals surface area contributed by atoms with Gasteiger partial charge in [0.25, 0.3) is 5.91 Å². The molecule has 2 aliphatic heterocycles. The molecule has 1 saturated heterocycles. The van der Waals surface area contributed by atoms with Crippen LogP contribution in [0.2, 0.25) is 5.02 Å². The fraction of sp³-hybridized carbons (Fsp3) is 0.200. The van der Waals surface area contributed by atoms with Crippen molar-refractivity contribution in [2.45, 2.75) is 22.4 Å². The molecule has 232 valence electrons. The molecule has 0 radical (unpaired) electrons. The number of nitrogens with one attached hydrogen (secondary N) is 2. The van der Waals surface area contributed by atoms with Gasteiger partial charge in [-0.2, -0.15) is 13.2 Å². The minimum Gasteiger partial charge on any atom is -0.493 e. The Kier molecular flexibility index (Phi) is 8.14. The number of amides is 3. The van der Waals surface area contributed by atoms with Gasteiger partial charge in [0.05, 0.1) is 29.3 Å². The summed E-state index contributed by atoms with van der Waals surface area (Å²) in [5.41, 5.74) is -0.00500. The Morgan fingerprint density at radius 2 is 1.78 bits per heavy atom. The number of aromatic amines is 1. The quantitative estimate of drug-likeness (QED) is 0.233. The minimum absolute atomic E-state index is 0.0461. The van der Waals surface area contributed by atoms with E-state index in [2.05, 4.69) is 10.3 Å². The molecule has 0 saturated carbocycles. The average molecular weight is 676 g/mol. The number of alkyl halides is 3. The Morgan fingerprint density at radius 1 is 1.02 bits per heavy atom. The molecular formula is C30H21ClF3N3O6S2. The first-order valence-electron chi connectivity index (χ1n) is 13.3. The second-order valence-corrected chi connectivity index (χ2v) is 12.7. The summed E-state index contributed by atoms with van der Waals surface area (Å²) < 4.78 is 50.2. The maximum Gasteiger partial charge on any atom is 0.416 e. The van der Waals surface area contributed by atoms with E-state index in [4.69, 9.17) is 21.1 Å². The molecule has 0 aliphatic carbocycles. The number of benzene rings is 3. The van der Waals surface area contributed by atoms with Crippen molar-refractivity contribution in [3.8, 4) is 11.5 Å². The van der Waals surface area contributed by atoms with Crippen LogP contribution >= 0.6 is 34.7 Å². The number of aromatic nitrogens is 1. The molecule has 45 heavy (non-hydrogen) atoms. The molecule has 1 fully saturated rings. The summed E-state index contributed by atoms with van der Waals surface area (Å²) in [5, 5.41) is 2.52. The molecule has 1 aromatic heterocycles. The zero-order chi connectivity index (χ0) is 32.0. The van der Waals surface area contributed by atoms with Crippen LogP contribution in [0.3, 0.4) is 0 Å². The SMILES string of the molecule is COc1cc([C@@H]2c3sc(=O)[nH]c3S[C@H]3C(=O)N(c4ccc(Cl)cc4)C(=O)[C@@H]23)ccc1OCC(=O)Nc1cccc(C(F)(F)F)c1. The third-order valence-electron chi connectivity index (χ3n) is 7.29. The summed E-state index contributed by atoms with van der Waals surface area (Å²) in [4.78, 5) is 56.5. The van der Waals surface area contributed by atoms with Crippen LogP contribution in [-0.4, -0.2) is 41.7 Å². The third kappa shape index (κ3) is 5.92. The van der Waals surface area contributed by atoms with Crippen LogP contribution < -0.4 is 24.6 Å². The summed E-state index contributed by atoms with van der Waals surface area (Å²) in [5.74, 6) is -2.72. The van der Waals surface area contributed by atoms with Crippen molar-refractivity contribution in [3.05, 3.63) is 97.4 Å². The van der Waals surface area contributed by atoms with E-state index in [9.17, 15) is 32.3 Å². The van der Waals surface area contributed by atoms with Gasteiger partial charge in [0, 0.05) is 21.5 Å². The van der Waals surface area contributed by atoms with Crippen LogP contribution in [0.4, 0.5) is 24.5 Å². The number of carbonyl (C=O) groups excluding carboxylic acids is 3. The Morgan fingerprint density at radius 3 is 2.49 bits per heavy atom. The monoisotopic (exact) mass is 675 g/mol. The highest BCUT2D eigenvalue weighted by Crippen LogP contribution is 2.53. The maximum absolute atomic E-state index is 13.9. The van der Waals surface area contributed by atoms with Crippen molar-refractivity contribution in [1.29, 1.82) is 0 Å². The van der Waals surface area contributed by atoms with Gasteiger partial charge in [0.2, 0.25) is 11.8 Å². The number of rotatable bonds is 7. The molecule has 3 amide bonds. The van der Waals surface area contributed by atoms with E-state index >= 15 is 0 Å². The highest BCUT2D eigenvalue weighted by atomic mass is 35.5. The summed E-state index contributed by atoms with van der Waals surface area (Å²) in [6, 6.07) is 15.3. The summed E-state index contributed by atoms with van der Waals surface area (Å²) in [6.45, 7) is -0.538. The number of halogens is 4. The Labute approximate surface area is 266 Å². The Hall–Kier alpha value is -4.27. The standard InChI is InChI=1S/C30H21ClF3N3O6S2/c1-42-20-11-14(5-10-19(20)43-13-21(38)35-17-4-2-3-15(12-17)30(32,33)34)22-23-25(44-26-24(22)45-29(41)36-26)28(40)37(27(23)39)18-8-6-16(31)7-9-18/h2-12,22-23,25H,13H2,1H3,(H,35,38)(H,36,41)/t22-,23-,25+/m0/s1. The van der Waals surface area contributed by atoms with Crippen molar-refractivity contribution >= 4 is 63.8 Å². The molecule has 3 heterocycles. The minimum atomic E-state index is -4.56. The molecule has 2 N–H and O–H groups in total. The first-order valence-corrected chi connectivity index (χ1v) is 15.3. The van der Waals surface area contributed by atoms with E-state index in [-0.39, 0.29) is 22.1 Å². The number of thiazole rings is 1. The largest absolute Gasteiger partial charge is 0.493 e. The second-order valence-electron chi connectivity index (χ2n) is 10.1. The third-order valence-corrected chi connectivity index (χ3v) is 9.94. The molecule has 4 aromatic rings. The van der Waals surface area contributed by atoms with E-state index in [0.717, 1.165) is 40.1 Å². The molecule has 15 heteroatoms. The van der Waals surface area contributed by atoms with E-state index in [1.54, 1.807) is 36.4 Å². The van der Waals surface area contributed by atoms with Gasteiger partial charge in [-0.1, -0.05) is 46.8 Å². The number of methoxy groups -OCH3 is 1. The molecule has 0 spiro atoms. The molecule has 2 aliphatic rings. The molecule has 0 bridgehead atoms. The lowest BCUT2D eigenvalue weighted by Crippen LogP contribution is -2.32. The lowest BCUT2D eigenvalue weighted by atomic mass is 9.83. The first-order chi connectivity index (χ1) is 21.4. The van der Waals surface area contributed by atoms with E-state index in [0.29, 0.717) is 26.2 Å². The number of carbonyl (C=O) groups is 3. The molecule has 3 atom stereocenters. The normalized spacial score (nSPS) is 19.2. The Bertz CT molecular complexity index is 1880. The smallest absolute Gasteiger partial charge is 0.416 e. The van der Waals surface area contributed by atoms with Gasteiger partial charge in [-0.05, 0) is 60.2 Å². The zero-order valence-corrected chi connectivity index (χ0v) is 25.4. The number of anilines is 2. The van der Waals surface area contributed by atoms with E-state index < -0.39 is 53.2 Å². The van der Waals surface area contributed by atoms with Gasteiger partial charge in [0.15, 0.2) is 18.1 Å². The number of nitrogens with zero attached hydrogens (tertiary/aromatic N) is 1. The van der Waals surface area contributed by atoms with Crippen molar-refractivity contribution in [2.75, 3.05) is 23.9 Å². The lowest BCUT2D eigenvalue weighted by molar-refractivity contribution is -0.137. The summed E-state index contributed by atoms with van der Waals surface area (Å²) >= 11 is 8.10. The molecule has 0 unspecified atom stereocenters. The van der Waals surface area contributed by atoms with Crippen LogP contribution in [-0.2, 0) is 20.6 Å². The van der Waals surface area contributed by atoms with Gasteiger partial charge in [-0.25, -0.2) is 4.90 Å². The summed E-state index contributed by atoms with van der Waals surface area (Å²) in [7, 11) is 1.38. The predicted molar refractivity (Wildman–Crippen MR) is 162 cm³/mol. The van der Waals surface area contributed by atoms with Gasteiger partial charge >= 0.3 is 11.0 Å². The number of ether oxygens (including phenoxy) is 2. The first kappa shape index (κ1) is 30.7. The van der Waals surface area contributed by atoms with Gasteiger partial charge in [0.1, 0.15) is 5.25 Å². The fourth-order valence-corrected chi connectivity index (χ4v) is 7.97. The van der Waals surface area contributed by atoms with E-state index in [1.807, 2.05) is 0 Å². The van der Waals surface area contributed by atoms with Gasteiger partial charge < -0.3 is 19.8 Å². The van der Waals surface area contributed by atoms with Crippen LogP contribution in [0.25, 0.3) is 0 Å². The molecular weight excluding hydrogens is 655 g/mol. The number of imide groups is 1. The number of H-pyrrole nitrogens is 1. The maximum atomic E-state index is 13.9. The zero-order valence-electron chi connectivity index (χ0n) is 23.0. The van der Waals surface area contributed by atoms with Crippen LogP contribution in [0.1, 0.15) is 21.9 Å². The van der Waals surface area contributed by atoms with Crippen molar-refractivity contribution < 1.29 is 37.0 Å². The number of hydrogen-bond donors (Lipinski definition) is 2. The Balaban J connectivity index is 1.26. The van der Waals surface area contributed by atoms with Crippen LogP contribution in [0.5, 0.6) is 11.5 Å². The van der Waals surface area contributed by atoms with Crippen molar-refractivity contribution in [3.63, 3.8) is 0 Å². The second kappa shape index (κ2) is 11.9. The van der Waals surface area contributed by atoms with Crippen LogP contribution in [0.15, 0.2) is 76.6 Å². The number of thioether (sulfide) groups is 1. The number of fused-ring (bicyclic) bond motifs is 2. The predicted octanol–water partition coefficient (Wildman–Crippen LogP) is 5.93. The van der Waals surface area contributed by atoms with Gasteiger partial charge in [-0.3, -0.25) is 19.2 Å². The van der Waals surface area contributed by atoms with Crippen LogP contribution in [0, 0.1) is 5.92 Å². The van der Waals surface area contributed by atoms with Crippen molar-refractivity contribution in [2.24, 2.45) is 5.92 Å². The number of hydrogen-bond acceptors (Lipinski definition) is 8. The fourth-order valence-electron chi connectivity index (χ4n) is 5.33. The molecule has 9 nitrogen and oxygen atoms in total. The average Bonchev–Trinajstić information content (AvgIpc) is 3.50. The topological polar surface area (TPSA) is 118 Å². The molecule has 6 rings (SSSR count). The summed E-state index contributed by atoms with van der Waals surface area (Å²) in [6.07, 6.45) is -4.56. The van der Waals surface area contributed by atoms with Crippen molar-refractivity contribution in [1.82, 2.24) is 4.98 Å². The van der Waals surface area contributed by atoms with E-state index in [1.165, 1.54) is 25.3 Å².